The fraction of sp³-hybridized carbons (Fsp3) is 0.375. The Bertz CT molecular complexity index is 689. The first-order chi connectivity index (χ1) is 10.2. The fourth-order valence-corrected chi connectivity index (χ4v) is 2.87. The van der Waals surface area contributed by atoms with Gasteiger partial charge in [-0.05, 0) is 18.1 Å². The topological polar surface area (TPSA) is 68.5 Å². The average molecular weight is 287 g/mol. The molecule has 21 heavy (non-hydrogen) atoms. The van der Waals surface area contributed by atoms with Crippen LogP contribution in [-0.2, 0) is 16.0 Å². The van der Waals surface area contributed by atoms with Crippen molar-refractivity contribution in [2.45, 2.75) is 32.1 Å². The highest BCUT2D eigenvalue weighted by Gasteiger charge is 2.25. The van der Waals surface area contributed by atoms with Crippen molar-refractivity contribution in [2.24, 2.45) is 0 Å². The van der Waals surface area contributed by atoms with E-state index < -0.39 is 0 Å². The largest absolute Gasteiger partial charge is 0.493 e. The Hall–Kier alpha value is -2.30. The van der Waals surface area contributed by atoms with Crippen molar-refractivity contribution in [3.05, 3.63) is 29.5 Å². The Kier molecular flexibility index (Phi) is 3.64. The first-order valence-electron chi connectivity index (χ1n) is 7.15. The first kappa shape index (κ1) is 13.7. The molecule has 5 nitrogen and oxygen atoms in total. The van der Waals surface area contributed by atoms with E-state index in [2.05, 4.69) is 5.32 Å². The molecule has 0 radical (unpaired) electrons. The van der Waals surface area contributed by atoms with Crippen LogP contribution in [0.4, 0.5) is 0 Å². The van der Waals surface area contributed by atoms with Gasteiger partial charge in [-0.1, -0.05) is 13.3 Å². The van der Waals surface area contributed by atoms with Gasteiger partial charge < -0.3 is 9.15 Å². The molecular formula is C16H17NO4. The van der Waals surface area contributed by atoms with E-state index in [1.54, 1.807) is 6.26 Å². The highest BCUT2D eigenvalue weighted by Crippen LogP contribution is 2.36. The molecule has 1 aliphatic rings. The fourth-order valence-electron chi connectivity index (χ4n) is 2.87. The first-order valence-corrected chi connectivity index (χ1v) is 7.15. The minimum absolute atomic E-state index is 0.286. The lowest BCUT2D eigenvalue weighted by Gasteiger charge is -2.12. The van der Waals surface area contributed by atoms with Gasteiger partial charge in [-0.25, -0.2) is 0 Å². The highest BCUT2D eigenvalue weighted by atomic mass is 16.5. The molecule has 1 aromatic carbocycles. The van der Waals surface area contributed by atoms with E-state index in [4.69, 9.17) is 9.15 Å². The third-order valence-corrected chi connectivity index (χ3v) is 3.89. The number of carbonyl (C=O) groups is 2. The smallest absolute Gasteiger partial charge is 0.234 e. The summed E-state index contributed by atoms with van der Waals surface area (Å²) in [5.41, 5.74) is 2.68. The molecule has 1 aliphatic heterocycles. The van der Waals surface area contributed by atoms with Crippen LogP contribution in [0.3, 0.4) is 0 Å². The molecule has 0 fully saturated rings. The number of amides is 2. The summed E-state index contributed by atoms with van der Waals surface area (Å²) in [5, 5.41) is 3.18. The average Bonchev–Trinajstić information content (AvgIpc) is 3.08. The van der Waals surface area contributed by atoms with E-state index in [-0.39, 0.29) is 11.8 Å². The summed E-state index contributed by atoms with van der Waals surface area (Å²) < 4.78 is 11.1. The van der Waals surface area contributed by atoms with Gasteiger partial charge in [0.1, 0.15) is 11.3 Å². The van der Waals surface area contributed by atoms with Crippen molar-refractivity contribution >= 4 is 23.3 Å². The quantitative estimate of drug-likeness (QED) is 0.858. The van der Waals surface area contributed by atoms with E-state index >= 15 is 0 Å². The second kappa shape index (κ2) is 5.60. The number of rotatable bonds is 5. The summed E-state index contributed by atoms with van der Waals surface area (Å²) in [7, 11) is 0. The van der Waals surface area contributed by atoms with Crippen LogP contribution in [0.5, 0.6) is 5.75 Å². The van der Waals surface area contributed by atoms with E-state index in [0.29, 0.717) is 25.0 Å². The van der Waals surface area contributed by atoms with Crippen molar-refractivity contribution in [3.8, 4) is 5.75 Å². The van der Waals surface area contributed by atoms with Crippen LogP contribution < -0.4 is 10.1 Å². The van der Waals surface area contributed by atoms with Crippen molar-refractivity contribution in [2.75, 3.05) is 6.61 Å². The van der Waals surface area contributed by atoms with Gasteiger partial charge in [0.05, 0.1) is 18.8 Å². The zero-order valence-corrected chi connectivity index (χ0v) is 11.8. The van der Waals surface area contributed by atoms with Gasteiger partial charge in [0.2, 0.25) is 12.3 Å². The van der Waals surface area contributed by atoms with Crippen LogP contribution in [0.15, 0.2) is 22.8 Å². The van der Waals surface area contributed by atoms with E-state index in [9.17, 15) is 9.59 Å². The SMILES string of the molecule is CCCC(C(=O)NC=O)c1coc2cc3c(cc12)CCO3. The van der Waals surface area contributed by atoms with Gasteiger partial charge in [-0.15, -0.1) is 0 Å². The van der Waals surface area contributed by atoms with Crippen molar-refractivity contribution in [1.82, 2.24) is 5.32 Å². The van der Waals surface area contributed by atoms with Crippen LogP contribution >= 0.6 is 0 Å². The molecule has 2 heterocycles. The number of hydrogen-bond donors (Lipinski definition) is 1. The van der Waals surface area contributed by atoms with Gasteiger partial charge in [0.15, 0.2) is 0 Å². The number of hydrogen-bond acceptors (Lipinski definition) is 4. The monoisotopic (exact) mass is 287 g/mol. The molecule has 0 saturated heterocycles. The Morgan fingerprint density at radius 3 is 3.10 bits per heavy atom. The maximum Gasteiger partial charge on any atom is 0.234 e. The normalized spacial score (nSPS) is 14.5. The number of imide groups is 1. The van der Waals surface area contributed by atoms with Crippen molar-refractivity contribution < 1.29 is 18.7 Å². The lowest BCUT2D eigenvalue weighted by atomic mass is 9.92. The number of ether oxygens (including phenoxy) is 1. The molecule has 2 amide bonds. The van der Waals surface area contributed by atoms with Crippen LogP contribution in [-0.4, -0.2) is 18.9 Å². The van der Waals surface area contributed by atoms with Gasteiger partial charge in [0, 0.05) is 23.4 Å². The van der Waals surface area contributed by atoms with Gasteiger partial charge >= 0.3 is 0 Å². The second-order valence-corrected chi connectivity index (χ2v) is 5.21. The van der Waals surface area contributed by atoms with Crippen molar-refractivity contribution in [1.29, 1.82) is 0 Å². The zero-order chi connectivity index (χ0) is 14.8. The molecule has 1 N–H and O–H groups in total. The molecule has 2 aromatic rings. The molecule has 0 spiro atoms. The predicted octanol–water partition coefficient (Wildman–Crippen LogP) is 2.52. The molecule has 3 rings (SSSR count). The van der Waals surface area contributed by atoms with E-state index in [0.717, 1.165) is 35.1 Å². The van der Waals surface area contributed by atoms with E-state index in [1.807, 2.05) is 19.1 Å². The maximum atomic E-state index is 12.1. The lowest BCUT2D eigenvalue weighted by molar-refractivity contribution is -0.126. The summed E-state index contributed by atoms with van der Waals surface area (Å²) in [6.45, 7) is 2.69. The summed E-state index contributed by atoms with van der Waals surface area (Å²) in [6.07, 6.45) is 4.43. The van der Waals surface area contributed by atoms with Crippen LogP contribution in [0.1, 0.15) is 36.8 Å². The van der Waals surface area contributed by atoms with Crippen molar-refractivity contribution in [3.63, 3.8) is 0 Å². The van der Waals surface area contributed by atoms with Crippen LogP contribution in [0.2, 0.25) is 0 Å². The number of nitrogens with one attached hydrogen (secondary N) is 1. The maximum absolute atomic E-state index is 12.1. The number of fused-ring (bicyclic) bond motifs is 2. The molecule has 1 unspecified atom stereocenters. The number of benzene rings is 1. The molecule has 0 bridgehead atoms. The molecule has 0 aliphatic carbocycles. The zero-order valence-electron chi connectivity index (χ0n) is 11.8. The minimum atomic E-state index is -0.373. The Balaban J connectivity index is 2.05. The summed E-state index contributed by atoms with van der Waals surface area (Å²) in [5.74, 6) is 0.195. The molecular weight excluding hydrogens is 270 g/mol. The Morgan fingerprint density at radius 2 is 2.33 bits per heavy atom. The molecule has 1 aromatic heterocycles. The van der Waals surface area contributed by atoms with Crippen LogP contribution in [0.25, 0.3) is 11.0 Å². The minimum Gasteiger partial charge on any atom is -0.493 e. The highest BCUT2D eigenvalue weighted by molar-refractivity contribution is 5.95. The van der Waals surface area contributed by atoms with Gasteiger partial charge in [-0.3, -0.25) is 14.9 Å². The Labute approximate surface area is 122 Å². The third-order valence-electron chi connectivity index (χ3n) is 3.89. The van der Waals surface area contributed by atoms with E-state index in [1.165, 1.54) is 0 Å². The molecule has 1 atom stereocenters. The predicted molar refractivity (Wildman–Crippen MR) is 77.3 cm³/mol. The molecule has 110 valence electrons. The summed E-state index contributed by atoms with van der Waals surface area (Å²) in [6, 6.07) is 3.91. The summed E-state index contributed by atoms with van der Waals surface area (Å²) in [4.78, 5) is 22.6. The van der Waals surface area contributed by atoms with Gasteiger partial charge in [0.25, 0.3) is 0 Å². The lowest BCUT2D eigenvalue weighted by Crippen LogP contribution is -2.27. The third kappa shape index (κ3) is 2.39. The Morgan fingerprint density at radius 1 is 1.48 bits per heavy atom. The second-order valence-electron chi connectivity index (χ2n) is 5.21. The standard InChI is InChI=1S/C16H17NO4/c1-2-3-11(16(19)17-9-18)13-8-21-15-7-14-10(4-5-20-14)6-12(13)15/h6-9,11H,2-5H2,1H3,(H,17,18,19). The molecule has 0 saturated carbocycles. The number of carbonyl (C=O) groups excluding carboxylic acids is 2. The van der Waals surface area contributed by atoms with Crippen LogP contribution in [0, 0.1) is 0 Å². The summed E-state index contributed by atoms with van der Waals surface area (Å²) >= 11 is 0. The number of furan rings is 1. The van der Waals surface area contributed by atoms with Gasteiger partial charge in [-0.2, -0.15) is 0 Å². The molecule has 5 heteroatoms.